The molecule has 0 fully saturated rings. The Morgan fingerprint density at radius 1 is 1.36 bits per heavy atom. The van der Waals surface area contributed by atoms with Gasteiger partial charge in [0, 0.05) is 0 Å². The largest absolute Gasteiger partial charge is 0.0882 e. The van der Waals surface area contributed by atoms with Gasteiger partial charge in [-0.15, -0.1) is 0 Å². The highest BCUT2D eigenvalue weighted by Crippen LogP contribution is 2.16. The van der Waals surface area contributed by atoms with Crippen molar-refractivity contribution in [3.05, 3.63) is 23.8 Å². The molecular weight excluding hydrogens is 132 g/mol. The zero-order valence-electron chi connectivity index (χ0n) is 7.47. The van der Waals surface area contributed by atoms with E-state index in [2.05, 4.69) is 25.2 Å². The van der Waals surface area contributed by atoms with Crippen molar-refractivity contribution in [2.75, 3.05) is 0 Å². The predicted molar refractivity (Wildman–Crippen MR) is 50.6 cm³/mol. The highest BCUT2D eigenvalue weighted by Gasteiger charge is 1.96. The minimum atomic E-state index is 1.16. The molecule has 0 saturated carbocycles. The number of rotatable bonds is 2. The third-order valence-corrected chi connectivity index (χ3v) is 2.15. The summed E-state index contributed by atoms with van der Waals surface area (Å²) in [5, 5.41) is 0. The molecule has 62 valence electrons. The van der Waals surface area contributed by atoms with Gasteiger partial charge in [0.25, 0.3) is 0 Å². The molecule has 11 heavy (non-hydrogen) atoms. The van der Waals surface area contributed by atoms with Gasteiger partial charge in [-0.25, -0.2) is 0 Å². The molecule has 0 bridgehead atoms. The van der Waals surface area contributed by atoms with Crippen LogP contribution in [0, 0.1) is 0 Å². The van der Waals surface area contributed by atoms with Gasteiger partial charge in [0.1, 0.15) is 0 Å². The summed E-state index contributed by atoms with van der Waals surface area (Å²) in [7, 11) is 0. The molecule has 0 amide bonds. The summed E-state index contributed by atoms with van der Waals surface area (Å²) in [6.45, 7) is 2.26. The smallest absolute Gasteiger partial charge is 0.0166 e. The first-order valence-corrected chi connectivity index (χ1v) is 4.76. The summed E-state index contributed by atoms with van der Waals surface area (Å²) >= 11 is 0. The Bertz CT molecular complexity index is 151. The average molecular weight is 150 g/mol. The van der Waals surface area contributed by atoms with Crippen LogP contribution in [0.2, 0.25) is 0 Å². The third-order valence-electron chi connectivity index (χ3n) is 2.15. The monoisotopic (exact) mass is 150 g/mol. The quantitative estimate of drug-likeness (QED) is 0.524. The van der Waals surface area contributed by atoms with Gasteiger partial charge in [-0.05, 0) is 32.1 Å². The van der Waals surface area contributed by atoms with Crippen LogP contribution in [0.1, 0.15) is 45.4 Å². The highest BCUT2D eigenvalue weighted by atomic mass is 14.0. The summed E-state index contributed by atoms with van der Waals surface area (Å²) in [5.74, 6) is 0. The number of allylic oxidation sites excluding steroid dienone is 4. The van der Waals surface area contributed by atoms with Crippen molar-refractivity contribution in [3.63, 3.8) is 0 Å². The number of hydrogen-bond donors (Lipinski definition) is 0. The first-order chi connectivity index (χ1) is 5.43. The molecule has 0 aliphatic heterocycles. The van der Waals surface area contributed by atoms with E-state index >= 15 is 0 Å². The van der Waals surface area contributed by atoms with Crippen molar-refractivity contribution in [2.45, 2.75) is 45.4 Å². The van der Waals surface area contributed by atoms with Gasteiger partial charge >= 0.3 is 0 Å². The van der Waals surface area contributed by atoms with Crippen LogP contribution in [0.5, 0.6) is 0 Å². The van der Waals surface area contributed by atoms with Gasteiger partial charge in [-0.1, -0.05) is 37.1 Å². The van der Waals surface area contributed by atoms with Crippen LogP contribution in [-0.4, -0.2) is 0 Å². The third kappa shape index (κ3) is 3.41. The second-order valence-electron chi connectivity index (χ2n) is 3.21. The normalized spacial score (nSPS) is 18.8. The van der Waals surface area contributed by atoms with E-state index in [9.17, 15) is 0 Å². The molecule has 0 aromatic heterocycles. The molecule has 0 spiro atoms. The molecule has 0 heteroatoms. The summed E-state index contributed by atoms with van der Waals surface area (Å²) in [6.07, 6.45) is 14.7. The van der Waals surface area contributed by atoms with Crippen molar-refractivity contribution in [2.24, 2.45) is 0 Å². The highest BCUT2D eigenvalue weighted by molar-refractivity contribution is 5.07. The maximum atomic E-state index is 2.40. The van der Waals surface area contributed by atoms with Crippen LogP contribution in [0.4, 0.5) is 0 Å². The van der Waals surface area contributed by atoms with Crippen molar-refractivity contribution >= 4 is 0 Å². The number of hydrogen-bond acceptors (Lipinski definition) is 0. The molecule has 0 aromatic rings. The summed E-state index contributed by atoms with van der Waals surface area (Å²) in [4.78, 5) is 0. The Morgan fingerprint density at radius 2 is 2.27 bits per heavy atom. The van der Waals surface area contributed by atoms with Gasteiger partial charge in [0.15, 0.2) is 0 Å². The van der Waals surface area contributed by atoms with Gasteiger partial charge in [0.05, 0.1) is 0 Å². The Kier molecular flexibility index (Phi) is 4.03. The van der Waals surface area contributed by atoms with E-state index in [-0.39, 0.29) is 0 Å². The van der Waals surface area contributed by atoms with E-state index in [1.807, 2.05) is 0 Å². The van der Waals surface area contributed by atoms with E-state index in [4.69, 9.17) is 0 Å². The molecule has 0 nitrogen and oxygen atoms in total. The molecule has 0 aromatic carbocycles. The van der Waals surface area contributed by atoms with Crippen molar-refractivity contribution < 1.29 is 0 Å². The molecule has 0 radical (unpaired) electrons. The van der Waals surface area contributed by atoms with E-state index in [0.29, 0.717) is 0 Å². The zero-order valence-corrected chi connectivity index (χ0v) is 7.47. The van der Waals surface area contributed by atoms with Crippen molar-refractivity contribution in [1.82, 2.24) is 0 Å². The molecule has 0 saturated heterocycles. The minimum Gasteiger partial charge on any atom is -0.0882 e. The maximum Gasteiger partial charge on any atom is -0.0166 e. The Morgan fingerprint density at radius 3 is 3.09 bits per heavy atom. The van der Waals surface area contributed by atoms with Crippen LogP contribution < -0.4 is 0 Å². The Balaban J connectivity index is 2.40. The average Bonchev–Trinajstić information content (AvgIpc) is 1.94. The topological polar surface area (TPSA) is 0 Å². The second kappa shape index (κ2) is 5.17. The standard InChI is InChI=1S/C11H18/c1-2-8-11-9-6-4-3-5-7-10-11/h3-4,9H,2,5-8,10H2,1H3. The fourth-order valence-electron chi connectivity index (χ4n) is 1.55. The van der Waals surface area contributed by atoms with Crippen molar-refractivity contribution in [1.29, 1.82) is 0 Å². The Labute approximate surface area is 70.0 Å². The lowest BCUT2D eigenvalue weighted by Gasteiger charge is -2.06. The summed E-state index contributed by atoms with van der Waals surface area (Å²) < 4.78 is 0. The van der Waals surface area contributed by atoms with Gasteiger partial charge < -0.3 is 0 Å². The van der Waals surface area contributed by atoms with Crippen LogP contribution in [0.15, 0.2) is 23.8 Å². The minimum absolute atomic E-state index is 1.16. The van der Waals surface area contributed by atoms with Gasteiger partial charge in [-0.3, -0.25) is 0 Å². The molecular formula is C11H18. The lowest BCUT2D eigenvalue weighted by Crippen LogP contribution is -1.86. The van der Waals surface area contributed by atoms with Crippen LogP contribution in [0.3, 0.4) is 0 Å². The van der Waals surface area contributed by atoms with Crippen LogP contribution in [-0.2, 0) is 0 Å². The lowest BCUT2D eigenvalue weighted by molar-refractivity contribution is 0.758. The van der Waals surface area contributed by atoms with Gasteiger partial charge in [-0.2, -0.15) is 0 Å². The van der Waals surface area contributed by atoms with E-state index < -0.39 is 0 Å². The summed E-state index contributed by atoms with van der Waals surface area (Å²) in [5.41, 5.74) is 1.68. The second-order valence-corrected chi connectivity index (χ2v) is 3.21. The molecule has 0 heterocycles. The lowest BCUT2D eigenvalue weighted by atomic mass is 10.0. The Hall–Kier alpha value is -0.520. The zero-order chi connectivity index (χ0) is 7.94. The fraction of sp³-hybridized carbons (Fsp3) is 0.636. The van der Waals surface area contributed by atoms with E-state index in [1.165, 1.54) is 32.1 Å². The summed E-state index contributed by atoms with van der Waals surface area (Å²) in [6, 6.07) is 0. The molecule has 1 aliphatic carbocycles. The first kappa shape index (κ1) is 8.58. The molecule has 1 rings (SSSR count). The molecule has 0 N–H and O–H groups in total. The van der Waals surface area contributed by atoms with Crippen LogP contribution in [0.25, 0.3) is 0 Å². The molecule has 1 aliphatic rings. The van der Waals surface area contributed by atoms with Crippen molar-refractivity contribution in [3.8, 4) is 0 Å². The fourth-order valence-corrected chi connectivity index (χ4v) is 1.55. The van der Waals surface area contributed by atoms with Gasteiger partial charge in [0.2, 0.25) is 0 Å². The predicted octanol–water partition coefficient (Wildman–Crippen LogP) is 3.84. The van der Waals surface area contributed by atoms with Crippen LogP contribution >= 0.6 is 0 Å². The maximum absolute atomic E-state index is 2.40. The SMILES string of the molecule is CCCC1=CCC=CCCC1. The molecule has 0 atom stereocenters. The first-order valence-electron chi connectivity index (χ1n) is 4.76. The van der Waals surface area contributed by atoms with E-state index in [0.717, 1.165) is 6.42 Å². The molecule has 0 unspecified atom stereocenters. The van der Waals surface area contributed by atoms with E-state index in [1.54, 1.807) is 5.57 Å².